The molecule has 0 radical (unpaired) electrons. The molecule has 0 rings (SSSR count). The molecule has 0 spiro atoms. The molecule has 0 bridgehead atoms. The summed E-state index contributed by atoms with van der Waals surface area (Å²) in [5.41, 5.74) is 0. The number of carboxylic acids is 1. The van der Waals surface area contributed by atoms with Crippen LogP contribution < -0.4 is 5.32 Å². The second-order valence-corrected chi connectivity index (χ2v) is 14.6. The average molecular weight is 732 g/mol. The fourth-order valence-corrected chi connectivity index (χ4v) is 5.94. The van der Waals surface area contributed by atoms with Crippen molar-refractivity contribution in [1.82, 2.24) is 5.32 Å². The molecular formula is C38H70NO10P. The molecule has 3 atom stereocenters. The Morgan fingerprint density at radius 3 is 1.66 bits per heavy atom. The third kappa shape index (κ3) is 33.1. The van der Waals surface area contributed by atoms with E-state index in [4.69, 9.17) is 13.8 Å². The molecule has 0 aliphatic heterocycles. The lowest BCUT2D eigenvalue weighted by Crippen LogP contribution is -2.43. The molecule has 0 saturated carbocycles. The fourth-order valence-electron chi connectivity index (χ4n) is 5.17. The van der Waals surface area contributed by atoms with Crippen LogP contribution in [0.25, 0.3) is 0 Å². The van der Waals surface area contributed by atoms with Crippen molar-refractivity contribution in [2.24, 2.45) is 0 Å². The van der Waals surface area contributed by atoms with E-state index in [-0.39, 0.29) is 12.8 Å². The summed E-state index contributed by atoms with van der Waals surface area (Å²) in [6, 6.07) is -1.54. The maximum atomic E-state index is 12.2. The standard InChI is InChI=1S/C38H70NO10P/c1-3-5-7-9-11-12-13-14-15-16-17-18-19-20-21-22-24-26-28-30-37(42)47-31-34(40)32-48-50(45,46)49-33-35(38(43)44)39-36(41)29-27-25-23-10-8-6-4-2/h11-12,14-15,34-35,40H,3-10,13,16-33H2,1-2H3,(H,39,41)(H,43,44)(H,45,46)/b12-11-,15-14-. The number of esters is 1. The minimum atomic E-state index is -4.74. The van der Waals surface area contributed by atoms with E-state index in [1.807, 2.05) is 0 Å². The number of carboxylic acid groups (broad SMARTS) is 1. The summed E-state index contributed by atoms with van der Waals surface area (Å²) >= 11 is 0. The average Bonchev–Trinajstić information content (AvgIpc) is 3.08. The number of aliphatic hydroxyl groups excluding tert-OH is 1. The summed E-state index contributed by atoms with van der Waals surface area (Å²) in [5.74, 6) is -2.38. The highest BCUT2D eigenvalue weighted by Gasteiger charge is 2.28. The SMILES string of the molecule is CCCCC/C=C\C/C=C\CCCCCCCCCCCC(=O)OCC(O)COP(=O)(O)OCC(NC(=O)CCCCCCCCC)C(=O)O. The van der Waals surface area contributed by atoms with Crippen LogP contribution in [0.2, 0.25) is 0 Å². The van der Waals surface area contributed by atoms with Crippen LogP contribution in [0.5, 0.6) is 0 Å². The number of hydrogen-bond donors (Lipinski definition) is 4. The highest BCUT2D eigenvalue weighted by molar-refractivity contribution is 7.47. The predicted molar refractivity (Wildman–Crippen MR) is 199 cm³/mol. The highest BCUT2D eigenvalue weighted by atomic mass is 31.2. The van der Waals surface area contributed by atoms with Gasteiger partial charge in [-0.3, -0.25) is 18.6 Å². The van der Waals surface area contributed by atoms with E-state index in [9.17, 15) is 34.1 Å². The number of aliphatic carboxylic acids is 1. The van der Waals surface area contributed by atoms with Gasteiger partial charge in [-0.15, -0.1) is 0 Å². The quantitative estimate of drug-likeness (QED) is 0.0211. The Hall–Kier alpha value is -2.04. The Kier molecular flexibility index (Phi) is 32.7. The van der Waals surface area contributed by atoms with Gasteiger partial charge in [0.2, 0.25) is 5.91 Å². The van der Waals surface area contributed by atoms with E-state index in [0.29, 0.717) is 12.8 Å². The number of nitrogens with one attached hydrogen (secondary N) is 1. The zero-order valence-corrected chi connectivity index (χ0v) is 32.1. The monoisotopic (exact) mass is 731 g/mol. The maximum absolute atomic E-state index is 12.2. The number of carbonyl (C=O) groups is 3. The lowest BCUT2D eigenvalue weighted by atomic mass is 10.1. The van der Waals surface area contributed by atoms with E-state index in [1.165, 1.54) is 64.2 Å². The third-order valence-electron chi connectivity index (χ3n) is 8.24. The summed E-state index contributed by atoms with van der Waals surface area (Å²) in [5, 5.41) is 21.6. The molecule has 50 heavy (non-hydrogen) atoms. The minimum Gasteiger partial charge on any atom is -0.480 e. The molecule has 292 valence electrons. The van der Waals surface area contributed by atoms with Crippen LogP contribution in [-0.2, 0) is 32.7 Å². The van der Waals surface area contributed by atoms with Gasteiger partial charge in [0.05, 0.1) is 13.2 Å². The lowest BCUT2D eigenvalue weighted by Gasteiger charge is -2.18. The lowest BCUT2D eigenvalue weighted by molar-refractivity contribution is -0.147. The number of rotatable bonds is 36. The van der Waals surface area contributed by atoms with E-state index >= 15 is 0 Å². The van der Waals surface area contributed by atoms with Crippen molar-refractivity contribution in [1.29, 1.82) is 0 Å². The Bertz CT molecular complexity index is 958. The van der Waals surface area contributed by atoms with Crippen molar-refractivity contribution in [3.8, 4) is 0 Å². The fraction of sp³-hybridized carbons (Fsp3) is 0.816. The molecule has 0 aliphatic carbocycles. The number of unbranched alkanes of at least 4 members (excludes halogenated alkanes) is 18. The van der Waals surface area contributed by atoms with Crippen LogP contribution in [0.3, 0.4) is 0 Å². The van der Waals surface area contributed by atoms with Crippen LogP contribution in [0.1, 0.15) is 168 Å². The van der Waals surface area contributed by atoms with Crippen molar-refractivity contribution < 1.29 is 47.8 Å². The van der Waals surface area contributed by atoms with Crippen LogP contribution in [0.4, 0.5) is 0 Å². The van der Waals surface area contributed by atoms with E-state index in [1.54, 1.807) is 0 Å². The zero-order valence-electron chi connectivity index (χ0n) is 31.2. The minimum absolute atomic E-state index is 0.145. The first-order valence-electron chi connectivity index (χ1n) is 19.4. The molecule has 0 aliphatic rings. The number of allylic oxidation sites excluding steroid dienone is 4. The number of ether oxygens (including phenoxy) is 1. The Morgan fingerprint density at radius 1 is 0.640 bits per heavy atom. The molecule has 0 heterocycles. The summed E-state index contributed by atoms with van der Waals surface area (Å²) in [7, 11) is -4.74. The molecule has 4 N–H and O–H groups in total. The zero-order chi connectivity index (χ0) is 37.1. The van der Waals surface area contributed by atoms with Gasteiger partial charge in [0.25, 0.3) is 0 Å². The molecule has 0 aromatic heterocycles. The topological polar surface area (TPSA) is 169 Å². The van der Waals surface area contributed by atoms with Gasteiger partial charge < -0.3 is 25.2 Å². The summed E-state index contributed by atoms with van der Waals surface area (Å²) < 4.78 is 26.6. The van der Waals surface area contributed by atoms with Crippen LogP contribution in [-0.4, -0.2) is 64.9 Å². The van der Waals surface area contributed by atoms with Crippen molar-refractivity contribution in [3.63, 3.8) is 0 Å². The normalized spacial score (nSPS) is 14.2. The summed E-state index contributed by atoms with van der Waals surface area (Å²) in [6.45, 7) is 2.48. The summed E-state index contributed by atoms with van der Waals surface area (Å²) in [4.78, 5) is 45.5. The van der Waals surface area contributed by atoms with Gasteiger partial charge in [0.1, 0.15) is 12.7 Å². The Balaban J connectivity index is 3.86. The van der Waals surface area contributed by atoms with Gasteiger partial charge in [-0.05, 0) is 44.9 Å². The predicted octanol–water partition coefficient (Wildman–Crippen LogP) is 9.11. The second-order valence-electron chi connectivity index (χ2n) is 13.1. The smallest absolute Gasteiger partial charge is 0.472 e. The van der Waals surface area contributed by atoms with Crippen LogP contribution in [0.15, 0.2) is 24.3 Å². The largest absolute Gasteiger partial charge is 0.480 e. The van der Waals surface area contributed by atoms with E-state index < -0.39 is 57.6 Å². The number of phosphoric acid groups is 1. The van der Waals surface area contributed by atoms with Crippen LogP contribution >= 0.6 is 7.82 Å². The van der Waals surface area contributed by atoms with Crippen molar-refractivity contribution >= 4 is 25.7 Å². The molecule has 0 aromatic rings. The number of aliphatic hydroxyl groups is 1. The van der Waals surface area contributed by atoms with Gasteiger partial charge in [-0.25, -0.2) is 9.36 Å². The van der Waals surface area contributed by atoms with Crippen LogP contribution in [0, 0.1) is 0 Å². The molecule has 12 heteroatoms. The summed E-state index contributed by atoms with van der Waals surface area (Å²) in [6.07, 6.45) is 32.4. The van der Waals surface area contributed by atoms with E-state index in [2.05, 4.69) is 43.5 Å². The molecule has 0 aromatic carbocycles. The Labute approximate surface area is 302 Å². The van der Waals surface area contributed by atoms with E-state index in [0.717, 1.165) is 64.2 Å². The maximum Gasteiger partial charge on any atom is 0.472 e. The number of hydrogen-bond acceptors (Lipinski definition) is 8. The second kappa shape index (κ2) is 34.1. The number of phosphoric ester groups is 1. The highest BCUT2D eigenvalue weighted by Crippen LogP contribution is 2.43. The van der Waals surface area contributed by atoms with Crippen molar-refractivity contribution in [3.05, 3.63) is 24.3 Å². The molecule has 1 amide bonds. The van der Waals surface area contributed by atoms with Gasteiger partial charge >= 0.3 is 19.8 Å². The first-order chi connectivity index (χ1) is 24.1. The molecule has 0 fully saturated rings. The third-order valence-corrected chi connectivity index (χ3v) is 9.19. The van der Waals surface area contributed by atoms with Crippen molar-refractivity contribution in [2.75, 3.05) is 19.8 Å². The Morgan fingerprint density at radius 2 is 1.10 bits per heavy atom. The van der Waals surface area contributed by atoms with Gasteiger partial charge in [0, 0.05) is 12.8 Å². The van der Waals surface area contributed by atoms with Gasteiger partial charge in [-0.1, -0.05) is 134 Å². The molecular weight excluding hydrogens is 661 g/mol. The first-order valence-corrected chi connectivity index (χ1v) is 20.9. The number of amides is 1. The van der Waals surface area contributed by atoms with Gasteiger partial charge in [0.15, 0.2) is 6.04 Å². The molecule has 0 saturated heterocycles. The molecule has 3 unspecified atom stereocenters. The molecule has 11 nitrogen and oxygen atoms in total. The number of carbonyl (C=O) groups excluding carboxylic acids is 2. The van der Waals surface area contributed by atoms with Gasteiger partial charge in [-0.2, -0.15) is 0 Å². The first kappa shape index (κ1) is 48.0. The van der Waals surface area contributed by atoms with Crippen molar-refractivity contribution in [2.45, 2.75) is 180 Å².